The molecule has 0 aliphatic heterocycles. The Hall–Kier alpha value is -6.74. The molecule has 0 amide bonds. The van der Waals surface area contributed by atoms with Crippen molar-refractivity contribution in [2.24, 2.45) is 0 Å². The van der Waals surface area contributed by atoms with Crippen molar-refractivity contribution in [1.29, 1.82) is 0 Å². The first-order chi connectivity index (χ1) is 26.7. The monoisotopic (exact) mass is 705 g/mol. The van der Waals surface area contributed by atoms with Crippen LogP contribution in [-0.4, -0.2) is 0 Å². The van der Waals surface area contributed by atoms with Gasteiger partial charge in [-0.15, -0.1) is 11.3 Å². The highest BCUT2D eigenvalue weighted by molar-refractivity contribution is 7.25. The maximum absolute atomic E-state index is 2.42. The van der Waals surface area contributed by atoms with Crippen LogP contribution in [0.2, 0.25) is 0 Å². The van der Waals surface area contributed by atoms with Crippen LogP contribution in [0, 0.1) is 0 Å². The molecule has 0 aliphatic carbocycles. The van der Waals surface area contributed by atoms with E-state index in [9.17, 15) is 0 Å². The lowest BCUT2D eigenvalue weighted by Crippen LogP contribution is -2.10. The van der Waals surface area contributed by atoms with Crippen LogP contribution in [0.3, 0.4) is 0 Å². The number of anilines is 3. The van der Waals surface area contributed by atoms with Gasteiger partial charge in [-0.05, 0) is 98.4 Å². The molecule has 1 aromatic heterocycles. The van der Waals surface area contributed by atoms with Crippen molar-refractivity contribution in [2.45, 2.75) is 0 Å². The molecule has 54 heavy (non-hydrogen) atoms. The number of nitrogens with zero attached hydrogens (tertiary/aromatic N) is 1. The summed E-state index contributed by atoms with van der Waals surface area (Å²) in [6.45, 7) is 0. The van der Waals surface area contributed by atoms with Gasteiger partial charge in [-0.2, -0.15) is 0 Å². The van der Waals surface area contributed by atoms with Gasteiger partial charge in [0.25, 0.3) is 0 Å². The van der Waals surface area contributed by atoms with Crippen LogP contribution < -0.4 is 4.90 Å². The van der Waals surface area contributed by atoms with Gasteiger partial charge in [0.1, 0.15) is 0 Å². The molecule has 0 aliphatic rings. The van der Waals surface area contributed by atoms with Crippen LogP contribution in [0.15, 0.2) is 212 Å². The average molecular weight is 706 g/mol. The van der Waals surface area contributed by atoms with Gasteiger partial charge in [0.05, 0.1) is 5.69 Å². The lowest BCUT2D eigenvalue weighted by atomic mass is 9.98. The Balaban J connectivity index is 1.08. The van der Waals surface area contributed by atoms with E-state index in [0.29, 0.717) is 0 Å². The highest BCUT2D eigenvalue weighted by Crippen LogP contribution is 2.44. The Kier molecular flexibility index (Phi) is 8.09. The molecule has 0 N–H and O–H groups in total. The minimum atomic E-state index is 1.11. The normalized spacial score (nSPS) is 11.3. The van der Waals surface area contributed by atoms with Gasteiger partial charge in [-0.3, -0.25) is 0 Å². The molecule has 0 saturated carbocycles. The minimum absolute atomic E-state index is 1.11. The van der Waals surface area contributed by atoms with Gasteiger partial charge in [-0.25, -0.2) is 0 Å². The van der Waals surface area contributed by atoms with Crippen molar-refractivity contribution >= 4 is 59.3 Å². The molecular weight excluding hydrogens is 671 g/mol. The minimum Gasteiger partial charge on any atom is -0.310 e. The van der Waals surface area contributed by atoms with Gasteiger partial charge >= 0.3 is 0 Å². The van der Waals surface area contributed by atoms with Crippen LogP contribution >= 0.6 is 11.3 Å². The maximum Gasteiger partial charge on any atom is 0.0540 e. The average Bonchev–Trinajstić information content (AvgIpc) is 3.62. The van der Waals surface area contributed by atoms with E-state index in [0.717, 1.165) is 17.1 Å². The number of rotatable bonds is 7. The van der Waals surface area contributed by atoms with Crippen LogP contribution in [0.4, 0.5) is 17.1 Å². The summed E-state index contributed by atoms with van der Waals surface area (Å²) in [6.07, 6.45) is 0. The molecule has 0 atom stereocenters. The Morgan fingerprint density at radius 1 is 0.278 bits per heavy atom. The summed E-state index contributed by atoms with van der Waals surface area (Å²) < 4.78 is 2.63. The highest BCUT2D eigenvalue weighted by atomic mass is 32.1. The predicted molar refractivity (Wildman–Crippen MR) is 233 cm³/mol. The van der Waals surface area contributed by atoms with Gasteiger partial charge in [0.15, 0.2) is 0 Å². The molecule has 0 bridgehead atoms. The Morgan fingerprint density at radius 3 is 1.41 bits per heavy atom. The van der Waals surface area contributed by atoms with E-state index in [4.69, 9.17) is 0 Å². The van der Waals surface area contributed by atoms with E-state index in [1.54, 1.807) is 0 Å². The molecule has 9 aromatic carbocycles. The van der Waals surface area contributed by atoms with Gasteiger partial charge in [0.2, 0.25) is 0 Å². The summed E-state index contributed by atoms with van der Waals surface area (Å²) in [5.74, 6) is 0. The summed E-state index contributed by atoms with van der Waals surface area (Å²) in [4.78, 5) is 2.42. The van der Waals surface area contributed by atoms with Crippen molar-refractivity contribution < 1.29 is 0 Å². The SMILES string of the molecule is c1ccc(-c2ccc(-c3ccc(N(c4cccc(-c5ccc(-c6ccccc6)cc5)c4)c4cccc5cc6sc7ccccc7c6cc45)cc3)cc2)cc1. The summed E-state index contributed by atoms with van der Waals surface area (Å²) in [5.41, 5.74) is 13.0. The van der Waals surface area contributed by atoms with E-state index < -0.39 is 0 Å². The fourth-order valence-electron chi connectivity index (χ4n) is 7.70. The van der Waals surface area contributed by atoms with Gasteiger partial charge in [-0.1, -0.05) is 164 Å². The van der Waals surface area contributed by atoms with E-state index >= 15 is 0 Å². The fourth-order valence-corrected chi connectivity index (χ4v) is 8.84. The Labute approximate surface area is 319 Å². The molecule has 0 radical (unpaired) electrons. The van der Waals surface area contributed by atoms with Crippen molar-refractivity contribution in [2.75, 3.05) is 4.90 Å². The van der Waals surface area contributed by atoms with Crippen molar-refractivity contribution in [3.05, 3.63) is 212 Å². The quantitative estimate of drug-likeness (QED) is 0.160. The lowest BCUT2D eigenvalue weighted by Gasteiger charge is -2.27. The third kappa shape index (κ3) is 5.93. The topological polar surface area (TPSA) is 3.24 Å². The molecule has 254 valence electrons. The summed E-state index contributed by atoms with van der Waals surface area (Å²) >= 11 is 1.87. The summed E-state index contributed by atoms with van der Waals surface area (Å²) in [6, 6.07) is 77.1. The first-order valence-corrected chi connectivity index (χ1v) is 19.2. The smallest absolute Gasteiger partial charge is 0.0540 e. The summed E-state index contributed by atoms with van der Waals surface area (Å²) in [7, 11) is 0. The van der Waals surface area contributed by atoms with E-state index in [1.807, 2.05) is 11.3 Å². The zero-order valence-electron chi connectivity index (χ0n) is 29.6. The molecule has 1 nitrogen and oxygen atoms in total. The molecule has 10 rings (SSSR count). The van der Waals surface area contributed by atoms with Gasteiger partial charge in [0, 0.05) is 36.9 Å². The zero-order valence-corrected chi connectivity index (χ0v) is 30.4. The molecule has 0 fully saturated rings. The largest absolute Gasteiger partial charge is 0.310 e. The van der Waals surface area contributed by atoms with Crippen LogP contribution in [0.25, 0.3) is 75.5 Å². The maximum atomic E-state index is 2.42. The van der Waals surface area contributed by atoms with Gasteiger partial charge < -0.3 is 4.90 Å². The number of hydrogen-bond donors (Lipinski definition) is 0. The number of thiophene rings is 1. The van der Waals surface area contributed by atoms with E-state index in [2.05, 4.69) is 217 Å². The second-order valence-corrected chi connectivity index (χ2v) is 14.8. The number of hydrogen-bond acceptors (Lipinski definition) is 2. The second-order valence-electron chi connectivity index (χ2n) is 13.8. The molecule has 1 heterocycles. The van der Waals surface area contributed by atoms with E-state index in [1.165, 1.54) is 75.5 Å². The second kappa shape index (κ2) is 13.7. The first-order valence-electron chi connectivity index (χ1n) is 18.4. The van der Waals surface area contributed by atoms with Crippen molar-refractivity contribution in [3.8, 4) is 44.5 Å². The standard InChI is InChI=1S/C52H35NS/c1-3-11-36(12-4-1)38-21-23-40(24-22-38)41-29-31-45(32-30-41)53(46-17-9-15-43(33-46)42-27-25-39(26-28-42)37-13-5-2-6-14-37)50-19-10-16-44-34-52-49(35-48(44)50)47-18-7-8-20-51(47)54-52/h1-35H. The zero-order chi connectivity index (χ0) is 35.8. The third-order valence-corrected chi connectivity index (χ3v) is 11.6. The highest BCUT2D eigenvalue weighted by Gasteiger charge is 2.18. The van der Waals surface area contributed by atoms with E-state index in [-0.39, 0.29) is 0 Å². The predicted octanol–water partition coefficient (Wildman–Crippen LogP) is 15.3. The molecule has 0 spiro atoms. The summed E-state index contributed by atoms with van der Waals surface area (Å²) in [5, 5.41) is 5.08. The van der Waals surface area contributed by atoms with Crippen LogP contribution in [0.5, 0.6) is 0 Å². The number of benzene rings is 9. The van der Waals surface area contributed by atoms with Crippen molar-refractivity contribution in [3.63, 3.8) is 0 Å². The first kappa shape index (κ1) is 32.0. The molecule has 2 heteroatoms. The van der Waals surface area contributed by atoms with Crippen LogP contribution in [0.1, 0.15) is 0 Å². The third-order valence-electron chi connectivity index (χ3n) is 10.5. The fraction of sp³-hybridized carbons (Fsp3) is 0. The molecular formula is C52H35NS. The molecule has 0 unspecified atom stereocenters. The Bertz CT molecular complexity index is 2890. The Morgan fingerprint density at radius 2 is 0.778 bits per heavy atom. The lowest BCUT2D eigenvalue weighted by molar-refractivity contribution is 1.30. The molecule has 0 saturated heterocycles. The van der Waals surface area contributed by atoms with Crippen LogP contribution in [-0.2, 0) is 0 Å². The van der Waals surface area contributed by atoms with Crippen molar-refractivity contribution in [1.82, 2.24) is 0 Å². The number of fused-ring (bicyclic) bond motifs is 4. The molecule has 10 aromatic rings.